The number of hydrogen-bond acceptors (Lipinski definition) is 3. The molecule has 2 rings (SSSR count). The van der Waals surface area contributed by atoms with Gasteiger partial charge in [-0.3, -0.25) is 10.00 Å². The first-order chi connectivity index (χ1) is 9.55. The summed E-state index contributed by atoms with van der Waals surface area (Å²) < 4.78 is 1.82. The maximum atomic E-state index is 9.79. The smallest absolute Gasteiger partial charge is 0.152 e. The van der Waals surface area contributed by atoms with E-state index in [0.29, 0.717) is 6.54 Å². The number of nitriles is 1. The molecule has 0 aliphatic carbocycles. The van der Waals surface area contributed by atoms with Gasteiger partial charge in [0.25, 0.3) is 0 Å². The Hall–Kier alpha value is -2.12. The summed E-state index contributed by atoms with van der Waals surface area (Å²) >= 11 is 0. The second-order valence-corrected chi connectivity index (χ2v) is 5.34. The van der Waals surface area contributed by atoms with Gasteiger partial charge < -0.3 is 0 Å². The monoisotopic (exact) mass is 268 g/mol. The van der Waals surface area contributed by atoms with E-state index in [2.05, 4.69) is 16.5 Å². The van der Waals surface area contributed by atoms with Crippen molar-refractivity contribution in [2.24, 2.45) is 0 Å². The van der Waals surface area contributed by atoms with Crippen molar-refractivity contribution in [3.05, 3.63) is 53.9 Å². The van der Waals surface area contributed by atoms with E-state index in [9.17, 15) is 5.26 Å². The molecule has 1 aromatic heterocycles. The number of benzene rings is 1. The Balaban J connectivity index is 2.40. The van der Waals surface area contributed by atoms with E-state index in [-0.39, 0.29) is 6.04 Å². The lowest BCUT2D eigenvalue weighted by Gasteiger charge is -2.30. The molecule has 2 aromatic rings. The largest absolute Gasteiger partial charge is 0.292 e. The lowest BCUT2D eigenvalue weighted by Crippen LogP contribution is -2.48. The van der Waals surface area contributed by atoms with Crippen LogP contribution in [0.4, 0.5) is 0 Å². The zero-order valence-corrected chi connectivity index (χ0v) is 12.2. The van der Waals surface area contributed by atoms with Crippen molar-refractivity contribution in [1.29, 1.82) is 5.26 Å². The highest BCUT2D eigenvalue weighted by Crippen LogP contribution is 2.23. The number of aryl methyl sites for hydroxylation is 1. The van der Waals surface area contributed by atoms with E-state index < -0.39 is 5.54 Å². The van der Waals surface area contributed by atoms with Gasteiger partial charge in [-0.25, -0.2) is 0 Å². The molecule has 1 N–H and O–H groups in total. The second kappa shape index (κ2) is 5.89. The highest BCUT2D eigenvalue weighted by Gasteiger charge is 2.33. The number of hydrogen-bond donors (Lipinski definition) is 1. The molecule has 0 bridgehead atoms. The summed E-state index contributed by atoms with van der Waals surface area (Å²) in [6.07, 6.45) is 1.91. The Morgan fingerprint density at radius 1 is 1.30 bits per heavy atom. The van der Waals surface area contributed by atoms with E-state index in [4.69, 9.17) is 0 Å². The predicted molar refractivity (Wildman–Crippen MR) is 79.0 cm³/mol. The molecule has 1 aromatic carbocycles. The summed E-state index contributed by atoms with van der Waals surface area (Å²) in [5, 5.41) is 17.6. The summed E-state index contributed by atoms with van der Waals surface area (Å²) in [5.41, 5.74) is 1.15. The van der Waals surface area contributed by atoms with Gasteiger partial charge in [-0.1, -0.05) is 30.3 Å². The van der Waals surface area contributed by atoms with Gasteiger partial charge in [-0.15, -0.1) is 0 Å². The third-order valence-corrected chi connectivity index (χ3v) is 3.17. The van der Waals surface area contributed by atoms with Crippen molar-refractivity contribution in [2.45, 2.75) is 38.9 Å². The van der Waals surface area contributed by atoms with Crippen molar-refractivity contribution in [3.8, 4) is 6.07 Å². The van der Waals surface area contributed by atoms with E-state index in [1.54, 1.807) is 0 Å². The van der Waals surface area contributed by atoms with Crippen molar-refractivity contribution >= 4 is 0 Å². The van der Waals surface area contributed by atoms with Gasteiger partial charge >= 0.3 is 0 Å². The van der Waals surface area contributed by atoms with Crippen molar-refractivity contribution in [3.63, 3.8) is 0 Å². The van der Waals surface area contributed by atoms with E-state index in [1.165, 1.54) is 0 Å². The Bertz CT molecular complexity index is 594. The molecule has 0 aliphatic rings. The van der Waals surface area contributed by atoms with Crippen LogP contribution in [0.15, 0.2) is 42.6 Å². The molecule has 104 valence electrons. The summed E-state index contributed by atoms with van der Waals surface area (Å²) in [6.45, 7) is 6.52. The van der Waals surface area contributed by atoms with Gasteiger partial charge in [0.05, 0.1) is 18.3 Å². The first-order valence-corrected chi connectivity index (χ1v) is 6.80. The van der Waals surface area contributed by atoms with Crippen molar-refractivity contribution < 1.29 is 0 Å². The third kappa shape index (κ3) is 3.06. The van der Waals surface area contributed by atoms with Gasteiger partial charge in [-0.05, 0) is 32.4 Å². The first-order valence-electron chi connectivity index (χ1n) is 6.80. The molecule has 0 amide bonds. The molecule has 0 spiro atoms. The lowest BCUT2D eigenvalue weighted by molar-refractivity contribution is 0.325. The fraction of sp³-hybridized carbons (Fsp3) is 0.375. The summed E-state index contributed by atoms with van der Waals surface area (Å²) in [4.78, 5) is 0. The molecule has 0 saturated carbocycles. The maximum Gasteiger partial charge on any atom is 0.152 e. The minimum Gasteiger partial charge on any atom is -0.292 e. The highest BCUT2D eigenvalue weighted by atomic mass is 15.3. The fourth-order valence-corrected chi connectivity index (χ4v) is 2.36. The third-order valence-electron chi connectivity index (χ3n) is 3.17. The molecule has 4 heteroatoms. The van der Waals surface area contributed by atoms with Gasteiger partial charge in [0.2, 0.25) is 0 Å². The fourth-order valence-electron chi connectivity index (χ4n) is 2.36. The van der Waals surface area contributed by atoms with Crippen molar-refractivity contribution in [2.75, 3.05) is 0 Å². The van der Waals surface area contributed by atoms with Crippen molar-refractivity contribution in [1.82, 2.24) is 15.1 Å². The van der Waals surface area contributed by atoms with Crippen LogP contribution in [0.2, 0.25) is 0 Å². The Morgan fingerprint density at radius 2 is 2.00 bits per heavy atom. The van der Waals surface area contributed by atoms with Gasteiger partial charge in [0.1, 0.15) is 0 Å². The molecule has 0 fully saturated rings. The minimum atomic E-state index is -0.770. The Morgan fingerprint density at radius 3 is 2.50 bits per heavy atom. The predicted octanol–water partition coefficient (Wildman–Crippen LogP) is 2.61. The van der Waals surface area contributed by atoms with Crippen LogP contribution in [0, 0.1) is 18.3 Å². The van der Waals surface area contributed by atoms with E-state index >= 15 is 0 Å². The number of nitrogens with one attached hydrogen (secondary N) is 1. The lowest BCUT2D eigenvalue weighted by atomic mass is 9.90. The molecular weight excluding hydrogens is 248 g/mol. The minimum absolute atomic E-state index is 0.200. The van der Waals surface area contributed by atoms with Crippen LogP contribution >= 0.6 is 0 Å². The van der Waals surface area contributed by atoms with Gasteiger partial charge in [-0.2, -0.15) is 10.4 Å². The SMILES string of the molecule is Cc1ccn(CC(C#N)(NC(C)C)c2ccccc2)n1. The Kier molecular flexibility index (Phi) is 4.21. The van der Waals surface area contributed by atoms with Gasteiger partial charge in [0.15, 0.2) is 5.54 Å². The van der Waals surface area contributed by atoms with Crippen LogP contribution in [0.1, 0.15) is 25.1 Å². The molecule has 20 heavy (non-hydrogen) atoms. The maximum absolute atomic E-state index is 9.79. The molecule has 1 atom stereocenters. The number of rotatable bonds is 5. The van der Waals surface area contributed by atoms with Crippen LogP contribution < -0.4 is 5.32 Å². The van der Waals surface area contributed by atoms with E-state index in [1.807, 2.05) is 68.0 Å². The molecule has 1 unspecified atom stereocenters. The zero-order chi connectivity index (χ0) is 14.6. The van der Waals surface area contributed by atoms with E-state index in [0.717, 1.165) is 11.3 Å². The number of aromatic nitrogens is 2. The Labute approximate surface area is 120 Å². The van der Waals surface area contributed by atoms with Gasteiger partial charge in [0, 0.05) is 12.2 Å². The molecular formula is C16H20N4. The highest BCUT2D eigenvalue weighted by molar-refractivity contribution is 5.31. The topological polar surface area (TPSA) is 53.6 Å². The average Bonchev–Trinajstić information content (AvgIpc) is 2.83. The normalized spacial score (nSPS) is 13.9. The quantitative estimate of drug-likeness (QED) is 0.907. The van der Waals surface area contributed by atoms with Crippen LogP contribution in [0.25, 0.3) is 0 Å². The summed E-state index contributed by atoms with van der Waals surface area (Å²) in [5.74, 6) is 0. The molecule has 0 saturated heterocycles. The van der Waals surface area contributed by atoms with Crippen LogP contribution in [0.5, 0.6) is 0 Å². The average molecular weight is 268 g/mol. The number of nitrogens with zero attached hydrogens (tertiary/aromatic N) is 3. The summed E-state index contributed by atoms with van der Waals surface area (Å²) in [6, 6.07) is 14.4. The molecule has 0 radical (unpaired) electrons. The molecule has 4 nitrogen and oxygen atoms in total. The zero-order valence-electron chi connectivity index (χ0n) is 12.2. The summed E-state index contributed by atoms with van der Waals surface area (Å²) in [7, 11) is 0. The standard InChI is InChI=1S/C16H20N4/c1-13(2)18-16(11-17,15-7-5-4-6-8-15)12-20-10-9-14(3)19-20/h4-10,13,18H,12H2,1-3H3. The molecule has 0 aliphatic heterocycles. The second-order valence-electron chi connectivity index (χ2n) is 5.34. The van der Waals surface area contributed by atoms with Crippen LogP contribution in [-0.4, -0.2) is 15.8 Å². The van der Waals surface area contributed by atoms with Crippen LogP contribution in [-0.2, 0) is 12.1 Å². The first kappa shape index (κ1) is 14.3. The molecule has 1 heterocycles. The van der Waals surface area contributed by atoms with Crippen LogP contribution in [0.3, 0.4) is 0 Å².